The number of nitrogens with zero attached hydrogens (tertiary/aromatic N) is 2. The number of hydrogen-bond donors (Lipinski definition) is 23. The fraction of sp³-hybridized carbons (Fsp3) is 0.574. The van der Waals surface area contributed by atoms with Gasteiger partial charge in [-0.3, -0.25) is 39.8 Å². The Labute approximate surface area is 563 Å². The summed E-state index contributed by atoms with van der Waals surface area (Å²) in [6, 6.07) is 7.23. The minimum Gasteiger partial charge on any atom is -0.497 e. The number of guanidine groups is 2. The highest BCUT2D eigenvalue weighted by molar-refractivity contribution is 5.98. The van der Waals surface area contributed by atoms with Gasteiger partial charge in [0.15, 0.2) is 12.2 Å². The van der Waals surface area contributed by atoms with E-state index in [1.54, 1.807) is 61.5 Å². The first kappa shape index (κ1) is 75.0. The average Bonchev–Trinajstić information content (AvgIpc) is 1.69. The van der Waals surface area contributed by atoms with E-state index in [1.807, 2.05) is 0 Å². The molecule has 99 heavy (non-hydrogen) atoms. The molecule has 0 aliphatic carbocycles. The smallest absolute Gasteiger partial charge is 0.346 e. The van der Waals surface area contributed by atoms with Gasteiger partial charge in [-0.25, -0.2) is 9.57 Å². The van der Waals surface area contributed by atoms with Gasteiger partial charge >= 0.3 is 5.96 Å². The van der Waals surface area contributed by atoms with Crippen LogP contribution in [0.2, 0.25) is 0 Å². The Morgan fingerprint density at radius 3 is 1.80 bits per heavy atom. The first-order chi connectivity index (χ1) is 47.2. The number of rotatable bonds is 20. The second-order valence-corrected chi connectivity index (χ2v) is 24.4. The van der Waals surface area contributed by atoms with Crippen molar-refractivity contribution in [3.8, 4) is 17.2 Å². The number of hydrogen-bond acceptors (Lipinski definition) is 31. The summed E-state index contributed by atoms with van der Waals surface area (Å²) in [7, 11) is 1.47. The van der Waals surface area contributed by atoms with E-state index in [0.717, 1.165) is 4.58 Å². The van der Waals surface area contributed by atoms with Crippen molar-refractivity contribution in [2.45, 2.75) is 166 Å². The molecule has 3 aromatic rings. The first-order valence-corrected chi connectivity index (χ1v) is 31.6. The maximum Gasteiger partial charge on any atom is 0.346 e. The molecule has 0 spiro atoms. The van der Waals surface area contributed by atoms with E-state index in [2.05, 4.69) is 47.5 Å². The lowest BCUT2D eigenvalue weighted by molar-refractivity contribution is -0.663. The minimum absolute atomic E-state index is 0.0696. The van der Waals surface area contributed by atoms with Crippen molar-refractivity contribution in [1.29, 1.82) is 0 Å². The third-order valence-corrected chi connectivity index (χ3v) is 17.9. The van der Waals surface area contributed by atoms with Gasteiger partial charge in [-0.15, -0.1) is 0 Å². The Bertz CT molecular complexity index is 3330. The molecule has 6 amide bonds. The van der Waals surface area contributed by atoms with Crippen LogP contribution in [0.15, 0.2) is 83.9 Å². The van der Waals surface area contributed by atoms with Crippen molar-refractivity contribution >= 4 is 47.4 Å². The number of aliphatic imine (C=N–C) groups is 1. The number of aliphatic hydroxyl groups is 13. The molecular formula is C61H85N12O26+. The number of ether oxygens (including phenoxy) is 7. The van der Waals surface area contributed by atoms with Gasteiger partial charge in [0.2, 0.25) is 48.0 Å². The number of nitrogens with one attached hydrogen (secondary N) is 8. The summed E-state index contributed by atoms with van der Waals surface area (Å²) in [5, 5.41) is 163. The summed E-state index contributed by atoms with van der Waals surface area (Å²) in [6.07, 6.45) is -31.5. The maximum absolute atomic E-state index is 15.2. The Morgan fingerprint density at radius 1 is 0.566 bits per heavy atom. The van der Waals surface area contributed by atoms with Crippen LogP contribution in [-0.2, 0) is 54.1 Å². The number of methoxy groups -OCH3 is 1. The highest BCUT2D eigenvalue weighted by atomic mass is 16.7. The predicted octanol–water partition coefficient (Wildman–Crippen LogP) is -12.2. The Morgan fingerprint density at radius 2 is 1.15 bits per heavy atom. The van der Waals surface area contributed by atoms with E-state index in [1.165, 1.54) is 31.4 Å². The van der Waals surface area contributed by atoms with Crippen molar-refractivity contribution in [3.05, 3.63) is 90.0 Å². The largest absolute Gasteiger partial charge is 0.497 e. The van der Waals surface area contributed by atoms with Gasteiger partial charge in [0, 0.05) is 18.9 Å². The lowest BCUT2D eigenvalue weighted by atomic mass is 9.92. The van der Waals surface area contributed by atoms with Gasteiger partial charge in [0.1, 0.15) is 152 Å². The molecule has 9 rings (SSSR count). The predicted molar refractivity (Wildman–Crippen MR) is 334 cm³/mol. The third kappa shape index (κ3) is 17.3. The van der Waals surface area contributed by atoms with Gasteiger partial charge in [-0.05, 0) is 47.5 Å². The molecule has 6 aliphatic rings. The summed E-state index contributed by atoms with van der Waals surface area (Å²) < 4.78 is 41.0. The number of carbonyl (C=O) groups excluding carboxylic acids is 6. The standard InChI is InChI=1S/C61H84N12O26/c1-24(26-6-4-3-5-7-26)38-54(90)67-30(16-25-8-10-29(11-9-25)95-58-50(87)47(84)51(35(22-76)97-58)99-59-49(86)46(83)44(81)36(98-59)23-94-28-14-12-27(93-2)13-15-28)53(89)71-39(41(78)31-17-65-60(62)69-31)56(92)72-40(55(91)68-32(20-74)52(88)64-19-37(77)70-38)42(79)33-18-66-61(63)73(33)57-48(85)45(82)43(80)34(21-75)96-57/h3-15,24,30-36,38-51,57-59,74-76,78-87H,16-23H2,1-2H3,(H11,62,63,64,65,66,67,68,69,70,71,72,77,88,89,90,91,92)/p+1/t24-,30-,31+,32?,33+,34+,35-,36+,38-,39+,40-,41-,42-,43+,44+,45+,46+,47+,48+,49+,50-,51-,57-,58+,59+/m1/s1. The fourth-order valence-electron chi connectivity index (χ4n) is 12.1. The number of benzene rings is 3. The van der Waals surface area contributed by atoms with E-state index in [4.69, 9.17) is 44.6 Å². The quantitative estimate of drug-likeness (QED) is 0.0467. The van der Waals surface area contributed by atoms with E-state index in [0.29, 0.717) is 17.1 Å². The summed E-state index contributed by atoms with van der Waals surface area (Å²) >= 11 is 0. The van der Waals surface area contributed by atoms with Crippen molar-refractivity contribution in [2.24, 2.45) is 16.5 Å². The summed E-state index contributed by atoms with van der Waals surface area (Å²) in [4.78, 5) is 91.6. The van der Waals surface area contributed by atoms with Crippen LogP contribution in [0.3, 0.4) is 0 Å². The van der Waals surface area contributed by atoms with Crippen molar-refractivity contribution in [1.82, 2.24) is 42.5 Å². The SMILES string of the molecule is COc1ccc(OC[C@@H]2O[C@@H](O[C@H]3[C@@H](O)[C@@H](O)[C@@H](Oc4ccc(C[C@H]5NC(=O)[C@@H]([C@H](C)c6ccccc6)NC(=O)CNC(=O)C(CO)NC(=O)[C@@H]([C@H](O)[C@@H]6CNC(N)=[N+]6[C@@H]6O[C@@H](CO)[C@H](O)[C@H](O)[C@@H]6O)NC(=O)[C@H]([C@H](O)[C@@H]6CNC(N)=N6)NC5=O)cc4)O[C@@H]3CO)[C@@H](O)[C@@H](O)[C@H]2O)cc1. The van der Waals surface area contributed by atoms with Crippen LogP contribution in [0.5, 0.6) is 17.2 Å². The van der Waals surface area contributed by atoms with Crippen LogP contribution >= 0.6 is 0 Å². The lowest BCUT2D eigenvalue weighted by Crippen LogP contribution is -2.68. The monoisotopic (exact) mass is 1400 g/mol. The molecule has 0 saturated carbocycles. The van der Waals surface area contributed by atoms with Gasteiger partial charge in [-0.2, -0.15) is 0 Å². The molecular weight excluding hydrogens is 1320 g/mol. The lowest BCUT2D eigenvalue weighted by Gasteiger charge is -2.46. The number of nitrogens with two attached hydrogens (primary N) is 2. The van der Waals surface area contributed by atoms with Crippen LogP contribution in [0.25, 0.3) is 0 Å². The molecule has 38 heteroatoms. The maximum atomic E-state index is 15.2. The fourth-order valence-corrected chi connectivity index (χ4v) is 12.1. The zero-order valence-electron chi connectivity index (χ0n) is 53.3. The van der Waals surface area contributed by atoms with Crippen LogP contribution in [0.4, 0.5) is 0 Å². The van der Waals surface area contributed by atoms with Gasteiger partial charge in [0.05, 0.1) is 39.5 Å². The van der Waals surface area contributed by atoms with Crippen LogP contribution in [-0.4, -0.2) is 318 Å². The van der Waals surface area contributed by atoms with E-state index in [9.17, 15) is 85.6 Å². The van der Waals surface area contributed by atoms with Crippen LogP contribution in [0.1, 0.15) is 24.0 Å². The molecule has 6 aliphatic heterocycles. The first-order valence-electron chi connectivity index (χ1n) is 31.6. The van der Waals surface area contributed by atoms with E-state index < -0.39 is 227 Å². The summed E-state index contributed by atoms with van der Waals surface area (Å²) in [5.74, 6) is -7.98. The van der Waals surface area contributed by atoms with Crippen molar-refractivity contribution in [2.75, 3.05) is 53.2 Å². The van der Waals surface area contributed by atoms with E-state index in [-0.39, 0.29) is 36.4 Å². The van der Waals surface area contributed by atoms with E-state index >= 15 is 9.59 Å². The molecule has 0 aromatic heterocycles. The minimum atomic E-state index is -2.33. The Kier molecular flexibility index (Phi) is 25.2. The molecule has 3 aromatic carbocycles. The molecule has 25 N–H and O–H groups in total. The summed E-state index contributed by atoms with van der Waals surface area (Å²) in [6.45, 7) is -3.31. The molecule has 544 valence electrons. The molecule has 25 atom stereocenters. The van der Waals surface area contributed by atoms with Crippen LogP contribution < -0.4 is 68.2 Å². The van der Waals surface area contributed by atoms with Gasteiger partial charge in [-0.1, -0.05) is 49.4 Å². The zero-order valence-corrected chi connectivity index (χ0v) is 53.3. The van der Waals surface area contributed by atoms with Gasteiger partial charge in [0.25, 0.3) is 0 Å². The zero-order chi connectivity index (χ0) is 71.7. The Balaban J connectivity index is 0.987. The van der Waals surface area contributed by atoms with Crippen LogP contribution in [0, 0.1) is 0 Å². The number of amides is 6. The second kappa shape index (κ2) is 33.3. The molecule has 0 radical (unpaired) electrons. The highest BCUT2D eigenvalue weighted by Gasteiger charge is 2.55. The molecule has 6 heterocycles. The topological polar surface area (TPSA) is 594 Å². The number of aliphatic hydroxyl groups excluding tert-OH is 13. The number of carbonyl (C=O) groups is 6. The molecule has 4 fully saturated rings. The van der Waals surface area contributed by atoms with Crippen molar-refractivity contribution < 1.29 is 133 Å². The molecule has 1 unspecified atom stereocenters. The average molecular weight is 1400 g/mol. The highest BCUT2D eigenvalue weighted by Crippen LogP contribution is 2.32. The van der Waals surface area contributed by atoms with Crippen molar-refractivity contribution in [3.63, 3.8) is 0 Å². The molecule has 4 saturated heterocycles. The molecule has 38 nitrogen and oxygen atoms in total. The second-order valence-electron chi connectivity index (χ2n) is 24.4. The van der Waals surface area contributed by atoms with Gasteiger partial charge < -0.3 is 142 Å². The normalized spacial score (nSPS) is 35.4. The Hall–Kier alpha value is -8.26. The molecule has 0 bridgehead atoms. The summed E-state index contributed by atoms with van der Waals surface area (Å²) in [5.41, 5.74) is 12.9. The third-order valence-electron chi connectivity index (χ3n) is 17.9.